The Morgan fingerprint density at radius 3 is 2.57 bits per heavy atom. The van der Waals surface area contributed by atoms with E-state index in [1.165, 1.54) is 0 Å². The fourth-order valence-electron chi connectivity index (χ4n) is 3.22. The maximum atomic E-state index is 13.1. The molecule has 0 aromatic heterocycles. The summed E-state index contributed by atoms with van der Waals surface area (Å²) in [6.07, 6.45) is 2.43. The zero-order valence-corrected chi connectivity index (χ0v) is 18.7. The third-order valence-electron chi connectivity index (χ3n) is 4.81. The van der Waals surface area contributed by atoms with Crippen molar-refractivity contribution in [3.05, 3.63) is 64.7 Å². The lowest BCUT2D eigenvalue weighted by atomic mass is 10.1. The van der Waals surface area contributed by atoms with Gasteiger partial charge in [-0.1, -0.05) is 67.8 Å². The summed E-state index contributed by atoms with van der Waals surface area (Å²) in [5.74, 6) is 0.149. The fourth-order valence-corrected chi connectivity index (χ4v) is 3.40. The summed E-state index contributed by atoms with van der Waals surface area (Å²) in [7, 11) is 0. The summed E-state index contributed by atoms with van der Waals surface area (Å²) in [5, 5.41) is 3.50. The Hall–Kier alpha value is -2.53. The molecule has 1 N–H and O–H groups in total. The summed E-state index contributed by atoms with van der Waals surface area (Å²) in [6.45, 7) is 6.79. The molecule has 0 bridgehead atoms. The van der Waals surface area contributed by atoms with E-state index in [0.717, 1.165) is 24.0 Å². The number of amides is 2. The number of nitrogens with zero attached hydrogens (tertiary/aromatic N) is 1. The number of carbonyl (C=O) groups is 2. The third-order valence-corrected chi connectivity index (χ3v) is 5.04. The molecule has 0 spiro atoms. The summed E-state index contributed by atoms with van der Waals surface area (Å²) in [5.41, 5.74) is 2.08. The average Bonchev–Trinajstić information content (AvgIpc) is 2.72. The molecular weight excluding hydrogens is 400 g/mol. The average molecular weight is 431 g/mol. The number of carbonyl (C=O) groups excluding carboxylic acids is 2. The van der Waals surface area contributed by atoms with Crippen LogP contribution in [0.3, 0.4) is 0 Å². The highest BCUT2D eigenvalue weighted by Crippen LogP contribution is 2.18. The van der Waals surface area contributed by atoms with E-state index in [9.17, 15) is 9.59 Å². The van der Waals surface area contributed by atoms with Crippen molar-refractivity contribution in [3.63, 3.8) is 0 Å². The number of unbranched alkanes of at least 4 members (excludes halogenated alkanes) is 1. The van der Waals surface area contributed by atoms with E-state index in [1.807, 2.05) is 38.1 Å². The molecule has 0 radical (unpaired) electrons. The first kappa shape index (κ1) is 23.7. The van der Waals surface area contributed by atoms with Gasteiger partial charge < -0.3 is 15.0 Å². The molecule has 2 rings (SSSR count). The van der Waals surface area contributed by atoms with Crippen molar-refractivity contribution < 1.29 is 14.3 Å². The number of rotatable bonds is 11. The molecule has 0 heterocycles. The lowest BCUT2D eigenvalue weighted by molar-refractivity contribution is -0.143. The second-order valence-electron chi connectivity index (χ2n) is 7.33. The van der Waals surface area contributed by atoms with Crippen molar-refractivity contribution in [2.75, 3.05) is 13.2 Å². The number of nitrogens with one attached hydrogen (secondary N) is 1. The fraction of sp³-hybridized carbons (Fsp3) is 0.417. The molecule has 2 amide bonds. The van der Waals surface area contributed by atoms with E-state index in [-0.39, 0.29) is 18.4 Å². The highest BCUT2D eigenvalue weighted by molar-refractivity contribution is 6.30. The first-order valence-corrected chi connectivity index (χ1v) is 10.8. The standard InChI is InChI=1S/C24H31ClN2O3/c1-4-6-13-26-24(29)22(5-2)27(16-19-10-7-9-18(3)14-19)23(28)17-30-21-12-8-11-20(25)15-21/h7-12,14-15,22H,4-6,13,16-17H2,1-3H3,(H,26,29)/t22-/m0/s1. The molecule has 1 atom stereocenters. The Kier molecular flexibility index (Phi) is 9.68. The van der Waals surface area contributed by atoms with Gasteiger partial charge in [-0.15, -0.1) is 0 Å². The number of halogens is 1. The van der Waals surface area contributed by atoms with Gasteiger partial charge in [0.15, 0.2) is 6.61 Å². The third kappa shape index (κ3) is 7.38. The number of benzene rings is 2. The van der Waals surface area contributed by atoms with E-state index in [2.05, 4.69) is 12.2 Å². The van der Waals surface area contributed by atoms with E-state index in [4.69, 9.17) is 16.3 Å². The summed E-state index contributed by atoms with van der Waals surface area (Å²) >= 11 is 5.99. The van der Waals surface area contributed by atoms with Crippen LogP contribution in [-0.4, -0.2) is 35.9 Å². The molecule has 0 saturated heterocycles. The first-order chi connectivity index (χ1) is 14.4. The summed E-state index contributed by atoms with van der Waals surface area (Å²) < 4.78 is 5.66. The second-order valence-corrected chi connectivity index (χ2v) is 7.76. The normalized spacial score (nSPS) is 11.6. The van der Waals surface area contributed by atoms with Crippen LogP contribution < -0.4 is 10.1 Å². The highest BCUT2D eigenvalue weighted by atomic mass is 35.5. The van der Waals surface area contributed by atoms with Crippen LogP contribution in [0, 0.1) is 6.92 Å². The monoisotopic (exact) mass is 430 g/mol. The first-order valence-electron chi connectivity index (χ1n) is 10.5. The summed E-state index contributed by atoms with van der Waals surface area (Å²) in [4.78, 5) is 27.5. The smallest absolute Gasteiger partial charge is 0.261 e. The van der Waals surface area contributed by atoms with Crippen molar-refractivity contribution in [2.45, 2.75) is 52.6 Å². The molecule has 0 fully saturated rings. The van der Waals surface area contributed by atoms with Crippen LogP contribution >= 0.6 is 11.6 Å². The molecule has 0 aliphatic rings. The van der Waals surface area contributed by atoms with Crippen LogP contribution in [0.25, 0.3) is 0 Å². The van der Waals surface area contributed by atoms with E-state index >= 15 is 0 Å². The lowest BCUT2D eigenvalue weighted by Gasteiger charge is -2.30. The largest absolute Gasteiger partial charge is 0.484 e. The predicted octanol–water partition coefficient (Wildman–Crippen LogP) is 4.75. The quantitative estimate of drug-likeness (QED) is 0.523. The van der Waals surface area contributed by atoms with Gasteiger partial charge in [0, 0.05) is 18.1 Å². The predicted molar refractivity (Wildman–Crippen MR) is 121 cm³/mol. The minimum atomic E-state index is -0.558. The number of hydrogen-bond acceptors (Lipinski definition) is 3. The Morgan fingerprint density at radius 2 is 1.90 bits per heavy atom. The highest BCUT2D eigenvalue weighted by Gasteiger charge is 2.28. The van der Waals surface area contributed by atoms with Crippen molar-refractivity contribution in [1.29, 1.82) is 0 Å². The SMILES string of the molecule is CCCCNC(=O)[C@H](CC)N(Cc1cccc(C)c1)C(=O)COc1cccc(Cl)c1. The topological polar surface area (TPSA) is 58.6 Å². The van der Waals surface area contributed by atoms with Crippen LogP contribution in [0.15, 0.2) is 48.5 Å². The Labute approximate surface area is 184 Å². The maximum absolute atomic E-state index is 13.1. The Balaban J connectivity index is 2.17. The van der Waals surface area contributed by atoms with Crippen LogP contribution in [0.4, 0.5) is 0 Å². The van der Waals surface area contributed by atoms with Gasteiger partial charge in [-0.2, -0.15) is 0 Å². The molecule has 2 aromatic rings. The van der Waals surface area contributed by atoms with Gasteiger partial charge in [0.25, 0.3) is 5.91 Å². The zero-order valence-electron chi connectivity index (χ0n) is 18.0. The molecule has 162 valence electrons. The van der Waals surface area contributed by atoms with Crippen molar-refractivity contribution >= 4 is 23.4 Å². The van der Waals surface area contributed by atoms with Gasteiger partial charge in [-0.05, 0) is 43.5 Å². The number of ether oxygens (including phenoxy) is 1. The summed E-state index contributed by atoms with van der Waals surface area (Å²) in [6, 6.07) is 14.3. The molecule has 2 aromatic carbocycles. The molecule has 6 heteroatoms. The van der Waals surface area contributed by atoms with Gasteiger partial charge in [-0.3, -0.25) is 9.59 Å². The van der Waals surface area contributed by atoms with E-state index < -0.39 is 6.04 Å². The van der Waals surface area contributed by atoms with Gasteiger partial charge >= 0.3 is 0 Å². The molecule has 5 nitrogen and oxygen atoms in total. The van der Waals surface area contributed by atoms with Crippen molar-refractivity contribution in [1.82, 2.24) is 10.2 Å². The van der Waals surface area contributed by atoms with Crippen LogP contribution in [0.2, 0.25) is 5.02 Å². The molecule has 0 saturated carbocycles. The lowest BCUT2D eigenvalue weighted by Crippen LogP contribution is -2.50. The van der Waals surface area contributed by atoms with Gasteiger partial charge in [0.1, 0.15) is 11.8 Å². The minimum absolute atomic E-state index is 0.130. The number of hydrogen-bond donors (Lipinski definition) is 1. The van der Waals surface area contributed by atoms with Gasteiger partial charge in [0.05, 0.1) is 0 Å². The Bertz CT molecular complexity index is 841. The van der Waals surface area contributed by atoms with Gasteiger partial charge in [-0.25, -0.2) is 0 Å². The number of aryl methyl sites for hydroxylation is 1. The maximum Gasteiger partial charge on any atom is 0.261 e. The van der Waals surface area contributed by atoms with E-state index in [0.29, 0.717) is 30.3 Å². The molecule has 30 heavy (non-hydrogen) atoms. The van der Waals surface area contributed by atoms with Gasteiger partial charge in [0.2, 0.25) is 5.91 Å². The minimum Gasteiger partial charge on any atom is -0.484 e. The Morgan fingerprint density at radius 1 is 1.13 bits per heavy atom. The van der Waals surface area contributed by atoms with Crippen molar-refractivity contribution in [2.24, 2.45) is 0 Å². The zero-order chi connectivity index (χ0) is 21.9. The molecule has 0 unspecified atom stereocenters. The van der Waals surface area contributed by atoms with Crippen LogP contribution in [0.1, 0.15) is 44.2 Å². The van der Waals surface area contributed by atoms with Crippen LogP contribution in [0.5, 0.6) is 5.75 Å². The molecular formula is C24H31ClN2O3. The second kappa shape index (κ2) is 12.2. The molecule has 0 aliphatic carbocycles. The van der Waals surface area contributed by atoms with Crippen LogP contribution in [-0.2, 0) is 16.1 Å². The van der Waals surface area contributed by atoms with E-state index in [1.54, 1.807) is 29.2 Å². The van der Waals surface area contributed by atoms with Crippen molar-refractivity contribution in [3.8, 4) is 5.75 Å². The molecule has 0 aliphatic heterocycles.